The molecule has 3 nitrogen and oxygen atoms in total. The van der Waals surface area contributed by atoms with Crippen LogP contribution in [0, 0.1) is 0 Å². The second-order valence-corrected chi connectivity index (χ2v) is 7.93. The Morgan fingerprint density at radius 2 is 1.92 bits per heavy atom. The summed E-state index contributed by atoms with van der Waals surface area (Å²) in [6.45, 7) is 0.708. The molecule has 0 heterocycles. The van der Waals surface area contributed by atoms with E-state index in [0.717, 1.165) is 17.7 Å². The highest BCUT2D eigenvalue weighted by atomic mass is 35.5. The molecule has 0 saturated heterocycles. The highest BCUT2D eigenvalue weighted by Gasteiger charge is 2.28. The Balaban J connectivity index is 1.93. The van der Waals surface area contributed by atoms with Gasteiger partial charge in [0.1, 0.15) is 0 Å². The van der Waals surface area contributed by atoms with Crippen LogP contribution >= 0.6 is 35.1 Å². The normalized spacial score (nSPS) is 19.7. The minimum absolute atomic E-state index is 0.135. The average Bonchev–Trinajstić information content (AvgIpc) is 2.63. The van der Waals surface area contributed by atoms with E-state index in [1.165, 1.54) is 16.7 Å². The van der Waals surface area contributed by atoms with Crippen LogP contribution in [0.4, 0.5) is 0 Å². The number of aliphatic hydroxyl groups is 1. The lowest BCUT2D eigenvalue weighted by atomic mass is 9.77. The van der Waals surface area contributed by atoms with Crippen molar-refractivity contribution in [3.05, 3.63) is 63.1 Å². The summed E-state index contributed by atoms with van der Waals surface area (Å²) in [5, 5.41) is 13.5. The molecular weight excluding hydrogens is 375 g/mol. The molecule has 3 rings (SSSR count). The fourth-order valence-electron chi connectivity index (χ4n) is 3.43. The molecule has 0 aromatic heterocycles. The molecule has 0 saturated carbocycles. The first kappa shape index (κ1) is 19.0. The van der Waals surface area contributed by atoms with Gasteiger partial charge in [0.25, 0.3) is 0 Å². The number of rotatable bonds is 6. The van der Waals surface area contributed by atoms with E-state index in [-0.39, 0.29) is 6.61 Å². The van der Waals surface area contributed by atoms with Gasteiger partial charge in [-0.05, 0) is 72.8 Å². The highest BCUT2D eigenvalue weighted by Crippen LogP contribution is 2.43. The molecule has 1 aliphatic carbocycles. The van der Waals surface area contributed by atoms with Gasteiger partial charge in [0.05, 0.1) is 16.7 Å². The molecule has 2 aromatic carbocycles. The minimum atomic E-state index is 0.135. The summed E-state index contributed by atoms with van der Waals surface area (Å²) in [4.78, 5) is 1.15. The van der Waals surface area contributed by atoms with Crippen molar-refractivity contribution < 1.29 is 5.11 Å². The lowest BCUT2D eigenvalue weighted by Gasteiger charge is -2.32. The third kappa shape index (κ3) is 4.33. The summed E-state index contributed by atoms with van der Waals surface area (Å²) in [6.07, 6.45) is 2.15. The number of halogens is 2. The van der Waals surface area contributed by atoms with E-state index in [0.29, 0.717) is 28.5 Å². The number of hydrogen-bond donors (Lipinski definition) is 3. The van der Waals surface area contributed by atoms with E-state index < -0.39 is 0 Å². The Labute approximate surface area is 163 Å². The van der Waals surface area contributed by atoms with Crippen LogP contribution in [-0.2, 0) is 0 Å². The van der Waals surface area contributed by atoms with E-state index in [1.807, 2.05) is 19.2 Å². The lowest BCUT2D eigenvalue weighted by Crippen LogP contribution is -2.24. The Bertz CT molecular complexity index is 741. The van der Waals surface area contributed by atoms with E-state index in [1.54, 1.807) is 11.9 Å². The van der Waals surface area contributed by atoms with Gasteiger partial charge in [-0.25, -0.2) is 0 Å². The van der Waals surface area contributed by atoms with Gasteiger partial charge in [-0.3, -0.25) is 4.72 Å². The van der Waals surface area contributed by atoms with Crippen LogP contribution in [0.15, 0.2) is 41.3 Å². The van der Waals surface area contributed by atoms with Gasteiger partial charge < -0.3 is 10.4 Å². The molecule has 0 amide bonds. The molecule has 0 aliphatic heterocycles. The number of hydrogen-bond acceptors (Lipinski definition) is 4. The van der Waals surface area contributed by atoms with Crippen molar-refractivity contribution in [2.75, 3.05) is 20.2 Å². The molecule has 2 aromatic rings. The minimum Gasteiger partial charge on any atom is -0.395 e. The van der Waals surface area contributed by atoms with Crippen molar-refractivity contribution in [1.82, 2.24) is 10.0 Å². The molecule has 0 radical (unpaired) electrons. The third-order valence-electron chi connectivity index (χ3n) is 4.65. The van der Waals surface area contributed by atoms with Crippen molar-refractivity contribution in [2.24, 2.45) is 0 Å². The second-order valence-electron chi connectivity index (χ2n) is 6.16. The van der Waals surface area contributed by atoms with E-state index in [9.17, 15) is 0 Å². The van der Waals surface area contributed by atoms with Gasteiger partial charge in [0.2, 0.25) is 0 Å². The molecule has 2 atom stereocenters. The van der Waals surface area contributed by atoms with Crippen molar-refractivity contribution in [3.63, 3.8) is 0 Å². The summed E-state index contributed by atoms with van der Waals surface area (Å²) in [5.41, 5.74) is 3.89. The molecule has 6 heteroatoms. The fraction of sp³-hybridized carbons (Fsp3) is 0.368. The lowest BCUT2D eigenvalue weighted by molar-refractivity contribution is 0.302. The zero-order chi connectivity index (χ0) is 17.8. The molecule has 134 valence electrons. The third-order valence-corrected chi connectivity index (χ3v) is 6.23. The Morgan fingerprint density at radius 3 is 2.64 bits per heavy atom. The maximum Gasteiger partial charge on any atom is 0.0595 e. The number of benzene rings is 2. The molecule has 0 spiro atoms. The number of fused-ring (bicyclic) bond motifs is 1. The Hall–Kier alpha value is -0.750. The molecule has 25 heavy (non-hydrogen) atoms. The van der Waals surface area contributed by atoms with Gasteiger partial charge >= 0.3 is 0 Å². The first-order valence-electron chi connectivity index (χ1n) is 8.40. The van der Waals surface area contributed by atoms with Crippen LogP contribution in [-0.4, -0.2) is 25.3 Å². The standard InChI is InChI=1S/C19H22Cl2N2OS/c1-22-19-7-5-14(12-2-6-17(20)18(21)10-12)15-4-3-13(11-16(15)19)25-23-8-9-24/h2-4,6,10-11,14,19,22-24H,5,7-9H2,1H3/t14-,19-/m0/s1. The number of nitrogens with one attached hydrogen (secondary N) is 2. The van der Waals surface area contributed by atoms with Gasteiger partial charge in [-0.2, -0.15) is 0 Å². The summed E-state index contributed by atoms with van der Waals surface area (Å²) in [6, 6.07) is 12.9. The average molecular weight is 397 g/mol. The van der Waals surface area contributed by atoms with Crippen LogP contribution in [0.5, 0.6) is 0 Å². The van der Waals surface area contributed by atoms with Gasteiger partial charge in [-0.15, -0.1) is 0 Å². The first-order valence-corrected chi connectivity index (χ1v) is 9.98. The Morgan fingerprint density at radius 1 is 1.08 bits per heavy atom. The SMILES string of the molecule is CN[C@H]1CC[C@@H](c2ccc(Cl)c(Cl)c2)c2ccc(SNCCO)cc21. The van der Waals surface area contributed by atoms with Gasteiger partial charge in [-0.1, -0.05) is 35.3 Å². The van der Waals surface area contributed by atoms with Crippen molar-refractivity contribution in [2.45, 2.75) is 29.7 Å². The largest absolute Gasteiger partial charge is 0.395 e. The van der Waals surface area contributed by atoms with Gasteiger partial charge in [0, 0.05) is 23.4 Å². The van der Waals surface area contributed by atoms with Crippen LogP contribution in [0.3, 0.4) is 0 Å². The maximum absolute atomic E-state index is 8.91. The number of aliphatic hydroxyl groups excluding tert-OH is 1. The second kappa shape index (κ2) is 8.76. The van der Waals surface area contributed by atoms with E-state index in [4.69, 9.17) is 28.3 Å². The van der Waals surface area contributed by atoms with E-state index in [2.05, 4.69) is 34.3 Å². The molecule has 0 fully saturated rings. The fourth-order valence-corrected chi connectivity index (χ4v) is 4.42. The summed E-state index contributed by atoms with van der Waals surface area (Å²) in [5.74, 6) is 0.332. The van der Waals surface area contributed by atoms with Crippen LogP contribution in [0.1, 0.15) is 41.5 Å². The summed E-state index contributed by atoms with van der Waals surface area (Å²) in [7, 11) is 2.01. The van der Waals surface area contributed by atoms with Crippen LogP contribution < -0.4 is 10.0 Å². The predicted octanol–water partition coefficient (Wildman–Crippen LogP) is 4.77. The first-order chi connectivity index (χ1) is 12.1. The van der Waals surface area contributed by atoms with Crippen LogP contribution in [0.2, 0.25) is 10.0 Å². The predicted molar refractivity (Wildman–Crippen MR) is 107 cm³/mol. The van der Waals surface area contributed by atoms with Crippen molar-refractivity contribution in [3.8, 4) is 0 Å². The molecule has 3 N–H and O–H groups in total. The highest BCUT2D eigenvalue weighted by molar-refractivity contribution is 7.97. The quantitative estimate of drug-likeness (QED) is 0.485. The molecule has 1 aliphatic rings. The summed E-state index contributed by atoms with van der Waals surface area (Å²) < 4.78 is 3.16. The molecule has 0 unspecified atom stereocenters. The van der Waals surface area contributed by atoms with Gasteiger partial charge in [0.15, 0.2) is 0 Å². The maximum atomic E-state index is 8.91. The molecular formula is C19H22Cl2N2OS. The summed E-state index contributed by atoms with van der Waals surface area (Å²) >= 11 is 13.9. The Kier molecular flexibility index (Phi) is 6.67. The van der Waals surface area contributed by atoms with E-state index >= 15 is 0 Å². The zero-order valence-corrected chi connectivity index (χ0v) is 16.4. The zero-order valence-electron chi connectivity index (χ0n) is 14.1. The van der Waals surface area contributed by atoms with Crippen molar-refractivity contribution >= 4 is 35.1 Å². The smallest absolute Gasteiger partial charge is 0.0595 e. The molecule has 0 bridgehead atoms. The topological polar surface area (TPSA) is 44.3 Å². The van der Waals surface area contributed by atoms with Crippen molar-refractivity contribution in [1.29, 1.82) is 0 Å². The van der Waals surface area contributed by atoms with Crippen LogP contribution in [0.25, 0.3) is 0 Å². The monoisotopic (exact) mass is 396 g/mol.